The molecule has 0 radical (unpaired) electrons. The van der Waals surface area contributed by atoms with Gasteiger partial charge in [0.25, 0.3) is 0 Å². The first-order valence-electron chi connectivity index (χ1n) is 5.33. The molecule has 0 saturated carbocycles. The summed E-state index contributed by atoms with van der Waals surface area (Å²) in [7, 11) is 1.91. The first kappa shape index (κ1) is 10.6. The molecule has 0 spiro atoms. The summed E-state index contributed by atoms with van der Waals surface area (Å²) in [6.45, 7) is 0. The number of benzene rings is 1. The quantitative estimate of drug-likeness (QED) is 0.731. The van der Waals surface area contributed by atoms with Crippen molar-refractivity contribution in [3.8, 4) is 11.3 Å². The molecule has 0 unspecified atom stereocenters. The monoisotopic (exact) mass is 214 g/mol. The molecule has 1 aromatic carbocycles. The SMILES string of the molecule is Cn1nc(-c2ccccc2)cc1CCC=O. The van der Waals surface area contributed by atoms with Crippen LogP contribution in [0.5, 0.6) is 0 Å². The van der Waals surface area contributed by atoms with E-state index >= 15 is 0 Å². The number of hydrogen-bond donors (Lipinski definition) is 0. The lowest BCUT2D eigenvalue weighted by atomic mass is 10.1. The van der Waals surface area contributed by atoms with Gasteiger partial charge in [-0.3, -0.25) is 4.68 Å². The summed E-state index contributed by atoms with van der Waals surface area (Å²) in [4.78, 5) is 10.3. The maximum Gasteiger partial charge on any atom is 0.120 e. The molecule has 1 heterocycles. The molecule has 0 aliphatic heterocycles. The fourth-order valence-corrected chi connectivity index (χ4v) is 1.70. The number of aldehydes is 1. The zero-order valence-corrected chi connectivity index (χ0v) is 9.26. The lowest BCUT2D eigenvalue weighted by Crippen LogP contribution is -1.98. The van der Waals surface area contributed by atoms with E-state index in [9.17, 15) is 4.79 Å². The Hall–Kier alpha value is -1.90. The highest BCUT2D eigenvalue weighted by atomic mass is 16.1. The molecule has 0 fully saturated rings. The topological polar surface area (TPSA) is 34.9 Å². The van der Waals surface area contributed by atoms with Crippen LogP contribution < -0.4 is 0 Å². The maximum atomic E-state index is 10.3. The molecule has 1 aromatic heterocycles. The van der Waals surface area contributed by atoms with Gasteiger partial charge in [0.15, 0.2) is 0 Å². The average Bonchev–Trinajstić information content (AvgIpc) is 2.69. The van der Waals surface area contributed by atoms with Gasteiger partial charge in [-0.1, -0.05) is 30.3 Å². The van der Waals surface area contributed by atoms with Crippen molar-refractivity contribution in [3.63, 3.8) is 0 Å². The number of carbonyl (C=O) groups is 1. The van der Waals surface area contributed by atoms with Crippen LogP contribution in [0.15, 0.2) is 36.4 Å². The van der Waals surface area contributed by atoms with Crippen LogP contribution in [-0.2, 0) is 18.3 Å². The molecule has 0 aliphatic rings. The molecular weight excluding hydrogens is 200 g/mol. The Kier molecular flexibility index (Phi) is 3.15. The minimum absolute atomic E-state index is 0.549. The van der Waals surface area contributed by atoms with Crippen LogP contribution in [-0.4, -0.2) is 16.1 Å². The first-order chi connectivity index (χ1) is 7.81. The average molecular weight is 214 g/mol. The first-order valence-corrected chi connectivity index (χ1v) is 5.33. The summed E-state index contributed by atoms with van der Waals surface area (Å²) in [5.74, 6) is 0. The number of hydrogen-bond acceptors (Lipinski definition) is 2. The standard InChI is InChI=1S/C13H14N2O/c1-15-12(8-5-9-16)10-13(14-15)11-6-3-2-4-7-11/h2-4,6-7,9-10H,5,8H2,1H3. The Morgan fingerprint density at radius 1 is 1.31 bits per heavy atom. The van der Waals surface area contributed by atoms with Crippen molar-refractivity contribution >= 4 is 6.29 Å². The summed E-state index contributed by atoms with van der Waals surface area (Å²) in [6.07, 6.45) is 2.24. The number of nitrogens with zero attached hydrogens (tertiary/aromatic N) is 2. The van der Waals surface area contributed by atoms with Gasteiger partial charge in [0, 0.05) is 24.7 Å². The Bertz CT molecular complexity index is 474. The highest BCUT2D eigenvalue weighted by molar-refractivity contribution is 5.59. The highest BCUT2D eigenvalue weighted by Gasteiger charge is 2.06. The largest absolute Gasteiger partial charge is 0.303 e. The van der Waals surface area contributed by atoms with Crippen molar-refractivity contribution < 1.29 is 4.79 Å². The summed E-state index contributed by atoms with van der Waals surface area (Å²) < 4.78 is 1.84. The molecule has 3 nitrogen and oxygen atoms in total. The van der Waals surface area contributed by atoms with Crippen LogP contribution in [0.1, 0.15) is 12.1 Å². The predicted octanol–water partition coefficient (Wildman–Crippen LogP) is 2.22. The molecule has 3 heteroatoms. The third kappa shape index (κ3) is 2.19. The lowest BCUT2D eigenvalue weighted by molar-refractivity contribution is -0.107. The zero-order valence-electron chi connectivity index (χ0n) is 9.26. The van der Waals surface area contributed by atoms with Gasteiger partial charge in [0.05, 0.1) is 5.69 Å². The van der Waals surface area contributed by atoms with Crippen LogP contribution in [0.25, 0.3) is 11.3 Å². The summed E-state index contributed by atoms with van der Waals surface area (Å²) in [5.41, 5.74) is 3.16. The van der Waals surface area contributed by atoms with Crippen molar-refractivity contribution in [1.29, 1.82) is 0 Å². The van der Waals surface area contributed by atoms with Crippen molar-refractivity contribution in [2.24, 2.45) is 7.05 Å². The number of aromatic nitrogens is 2. The van der Waals surface area contributed by atoms with Gasteiger partial charge < -0.3 is 4.79 Å². The van der Waals surface area contributed by atoms with Gasteiger partial charge in [-0.25, -0.2) is 0 Å². The van der Waals surface area contributed by atoms with Crippen molar-refractivity contribution in [2.45, 2.75) is 12.8 Å². The molecule has 82 valence electrons. The molecule has 0 atom stereocenters. The van der Waals surface area contributed by atoms with Gasteiger partial charge in [-0.2, -0.15) is 5.10 Å². The maximum absolute atomic E-state index is 10.3. The highest BCUT2D eigenvalue weighted by Crippen LogP contribution is 2.18. The summed E-state index contributed by atoms with van der Waals surface area (Å²) >= 11 is 0. The third-order valence-corrected chi connectivity index (χ3v) is 2.56. The molecular formula is C13H14N2O. The molecule has 0 amide bonds. The number of aryl methyl sites for hydroxylation is 2. The van der Waals surface area contributed by atoms with Gasteiger partial charge in [-0.05, 0) is 12.5 Å². The van der Waals surface area contributed by atoms with Crippen LogP contribution in [0.3, 0.4) is 0 Å². The van der Waals surface area contributed by atoms with Gasteiger partial charge >= 0.3 is 0 Å². The van der Waals surface area contributed by atoms with Crippen LogP contribution in [0, 0.1) is 0 Å². The van der Waals surface area contributed by atoms with E-state index in [2.05, 4.69) is 5.10 Å². The fourth-order valence-electron chi connectivity index (χ4n) is 1.70. The van der Waals surface area contributed by atoms with E-state index in [4.69, 9.17) is 0 Å². The Morgan fingerprint density at radius 2 is 2.06 bits per heavy atom. The second-order valence-electron chi connectivity index (χ2n) is 3.72. The van der Waals surface area contributed by atoms with Gasteiger partial charge in [-0.15, -0.1) is 0 Å². The van der Waals surface area contributed by atoms with Crippen LogP contribution in [0.2, 0.25) is 0 Å². The second-order valence-corrected chi connectivity index (χ2v) is 3.72. The normalized spacial score (nSPS) is 10.3. The summed E-state index contributed by atoms with van der Waals surface area (Å²) in [6, 6.07) is 12.1. The molecule has 2 aromatic rings. The number of carbonyl (C=O) groups excluding carboxylic acids is 1. The Morgan fingerprint density at radius 3 is 2.75 bits per heavy atom. The molecule has 16 heavy (non-hydrogen) atoms. The van der Waals surface area contributed by atoms with E-state index in [0.717, 1.165) is 29.7 Å². The van der Waals surface area contributed by atoms with Gasteiger partial charge in [0.2, 0.25) is 0 Å². The van der Waals surface area contributed by atoms with Crippen LogP contribution >= 0.6 is 0 Å². The smallest absolute Gasteiger partial charge is 0.120 e. The van der Waals surface area contributed by atoms with E-state index in [1.807, 2.05) is 48.1 Å². The van der Waals surface area contributed by atoms with Crippen LogP contribution in [0.4, 0.5) is 0 Å². The van der Waals surface area contributed by atoms with E-state index < -0.39 is 0 Å². The van der Waals surface area contributed by atoms with E-state index in [1.165, 1.54) is 0 Å². The second kappa shape index (κ2) is 4.75. The molecule has 0 bridgehead atoms. The van der Waals surface area contributed by atoms with Crippen molar-refractivity contribution in [3.05, 3.63) is 42.1 Å². The Balaban J connectivity index is 2.27. The van der Waals surface area contributed by atoms with E-state index in [0.29, 0.717) is 6.42 Å². The summed E-state index contributed by atoms with van der Waals surface area (Å²) in [5, 5.41) is 4.43. The lowest BCUT2D eigenvalue weighted by Gasteiger charge is -1.95. The predicted molar refractivity (Wildman–Crippen MR) is 63.0 cm³/mol. The Labute approximate surface area is 94.7 Å². The number of rotatable bonds is 4. The molecule has 0 N–H and O–H groups in total. The van der Waals surface area contributed by atoms with E-state index in [-0.39, 0.29) is 0 Å². The van der Waals surface area contributed by atoms with Crippen molar-refractivity contribution in [2.75, 3.05) is 0 Å². The van der Waals surface area contributed by atoms with Gasteiger partial charge in [0.1, 0.15) is 6.29 Å². The zero-order chi connectivity index (χ0) is 11.4. The molecule has 0 saturated heterocycles. The third-order valence-electron chi connectivity index (χ3n) is 2.56. The molecule has 2 rings (SSSR count). The minimum Gasteiger partial charge on any atom is -0.303 e. The fraction of sp³-hybridized carbons (Fsp3) is 0.231. The van der Waals surface area contributed by atoms with E-state index in [1.54, 1.807) is 0 Å². The minimum atomic E-state index is 0.549. The van der Waals surface area contributed by atoms with Crippen molar-refractivity contribution in [1.82, 2.24) is 9.78 Å². The molecule has 0 aliphatic carbocycles.